The summed E-state index contributed by atoms with van der Waals surface area (Å²) in [6.45, 7) is 2.60. The van der Waals surface area contributed by atoms with E-state index in [0.717, 1.165) is 5.56 Å². The summed E-state index contributed by atoms with van der Waals surface area (Å²) in [7, 11) is 1.46. The maximum atomic E-state index is 13.2. The zero-order valence-electron chi connectivity index (χ0n) is 17.8. The Bertz CT molecular complexity index is 1250. The third-order valence-electron chi connectivity index (χ3n) is 4.92. The molecule has 2 aromatic carbocycles. The van der Waals surface area contributed by atoms with E-state index in [4.69, 9.17) is 9.72 Å². The molecule has 0 bridgehead atoms. The quantitative estimate of drug-likeness (QED) is 0.463. The molecule has 32 heavy (non-hydrogen) atoms. The van der Waals surface area contributed by atoms with Crippen LogP contribution in [0.15, 0.2) is 66.9 Å². The Morgan fingerprint density at radius 2 is 1.69 bits per heavy atom. The molecule has 0 unspecified atom stereocenters. The van der Waals surface area contributed by atoms with E-state index in [1.54, 1.807) is 41.2 Å². The normalized spacial score (nSPS) is 10.8. The lowest BCUT2D eigenvalue weighted by atomic mass is 10.1. The number of nitrogens with one attached hydrogen (secondary N) is 2. The number of nitrogens with zero attached hydrogens (tertiary/aromatic N) is 3. The first-order chi connectivity index (χ1) is 15.6. The van der Waals surface area contributed by atoms with Crippen molar-refractivity contribution in [3.63, 3.8) is 0 Å². The van der Waals surface area contributed by atoms with Crippen molar-refractivity contribution in [2.24, 2.45) is 0 Å². The maximum Gasteiger partial charge on any atom is 0.256 e. The second-order valence-electron chi connectivity index (χ2n) is 7.13. The zero-order chi connectivity index (χ0) is 22.5. The van der Waals surface area contributed by atoms with Crippen molar-refractivity contribution < 1.29 is 14.3 Å². The predicted octanol–water partition coefficient (Wildman–Crippen LogP) is 3.96. The average Bonchev–Trinajstić information content (AvgIpc) is 3.23. The highest BCUT2D eigenvalue weighted by Gasteiger charge is 2.17. The lowest BCUT2D eigenvalue weighted by Gasteiger charge is -2.10. The van der Waals surface area contributed by atoms with Crippen LogP contribution in [0.3, 0.4) is 0 Å². The van der Waals surface area contributed by atoms with E-state index in [9.17, 15) is 9.59 Å². The molecule has 0 aliphatic carbocycles. The number of ether oxygens (including phenoxy) is 1. The zero-order valence-corrected chi connectivity index (χ0v) is 17.8. The van der Waals surface area contributed by atoms with Crippen LogP contribution in [0.4, 0.5) is 11.4 Å². The Morgan fingerprint density at radius 1 is 1.00 bits per heavy atom. The van der Waals surface area contributed by atoms with E-state index >= 15 is 0 Å². The van der Waals surface area contributed by atoms with Gasteiger partial charge in [0.2, 0.25) is 5.91 Å². The van der Waals surface area contributed by atoms with Crippen molar-refractivity contribution in [1.29, 1.82) is 0 Å². The molecule has 0 aliphatic rings. The third kappa shape index (κ3) is 4.50. The number of pyridine rings is 1. The van der Waals surface area contributed by atoms with Gasteiger partial charge in [-0.3, -0.25) is 9.59 Å². The molecule has 0 aliphatic heterocycles. The molecule has 2 N–H and O–H groups in total. The van der Waals surface area contributed by atoms with Gasteiger partial charge in [-0.15, -0.1) is 0 Å². The van der Waals surface area contributed by atoms with E-state index in [1.807, 2.05) is 37.3 Å². The molecule has 0 spiro atoms. The smallest absolute Gasteiger partial charge is 0.256 e. The van der Waals surface area contributed by atoms with Crippen molar-refractivity contribution in [1.82, 2.24) is 14.8 Å². The number of hydrogen-bond donors (Lipinski definition) is 2. The minimum absolute atomic E-state index is 0.0221. The third-order valence-corrected chi connectivity index (χ3v) is 4.92. The van der Waals surface area contributed by atoms with Crippen LogP contribution in [0.1, 0.15) is 17.3 Å². The van der Waals surface area contributed by atoms with Gasteiger partial charge >= 0.3 is 0 Å². The van der Waals surface area contributed by atoms with Crippen LogP contribution < -0.4 is 10.6 Å². The number of amides is 2. The van der Waals surface area contributed by atoms with E-state index in [-0.39, 0.29) is 18.4 Å². The van der Waals surface area contributed by atoms with Gasteiger partial charge < -0.3 is 15.4 Å². The standard InChI is InChI=1S/C24H23N5O3/c1-3-29-23-20(14-25-29)19(13-21(28-23)16-7-5-4-6-8-16)24(31)27-18-11-9-17(10-12-18)26-22(30)15-32-2/h4-14H,3,15H2,1-2H3,(H,26,30)(H,27,31). The van der Waals surface area contributed by atoms with E-state index < -0.39 is 0 Å². The van der Waals surface area contributed by atoms with Gasteiger partial charge in [0, 0.05) is 30.6 Å². The van der Waals surface area contributed by atoms with Crippen LogP contribution in [0.25, 0.3) is 22.3 Å². The number of benzene rings is 2. The van der Waals surface area contributed by atoms with Gasteiger partial charge in [0.1, 0.15) is 6.61 Å². The summed E-state index contributed by atoms with van der Waals surface area (Å²) in [4.78, 5) is 29.6. The number of aryl methyl sites for hydroxylation is 1. The van der Waals surface area contributed by atoms with Gasteiger partial charge in [0.25, 0.3) is 5.91 Å². The Kier molecular flexibility index (Phi) is 6.23. The minimum atomic E-state index is -0.263. The highest BCUT2D eigenvalue weighted by molar-refractivity contribution is 6.12. The van der Waals surface area contributed by atoms with Crippen LogP contribution in [-0.4, -0.2) is 40.3 Å². The number of carbonyl (C=O) groups excluding carboxylic acids is 2. The number of hydrogen-bond acceptors (Lipinski definition) is 5. The summed E-state index contributed by atoms with van der Waals surface area (Å²) in [6, 6.07) is 18.4. The Balaban J connectivity index is 1.63. The molecule has 162 valence electrons. The van der Waals surface area contributed by atoms with Crippen molar-refractivity contribution >= 4 is 34.2 Å². The second-order valence-corrected chi connectivity index (χ2v) is 7.13. The first-order valence-corrected chi connectivity index (χ1v) is 10.2. The van der Waals surface area contributed by atoms with E-state index in [1.165, 1.54) is 7.11 Å². The number of rotatable bonds is 7. The molecule has 2 heterocycles. The largest absolute Gasteiger partial charge is 0.375 e. The molecule has 0 fully saturated rings. The predicted molar refractivity (Wildman–Crippen MR) is 124 cm³/mol. The minimum Gasteiger partial charge on any atom is -0.375 e. The number of anilines is 2. The molecule has 8 heteroatoms. The van der Waals surface area contributed by atoms with Gasteiger partial charge in [-0.2, -0.15) is 5.10 Å². The fraction of sp³-hybridized carbons (Fsp3) is 0.167. The summed E-state index contributed by atoms with van der Waals surface area (Å²) >= 11 is 0. The molecular formula is C24H23N5O3. The molecule has 2 amide bonds. The van der Waals surface area contributed by atoms with Crippen LogP contribution in [0, 0.1) is 0 Å². The molecule has 8 nitrogen and oxygen atoms in total. The topological polar surface area (TPSA) is 98.1 Å². The molecule has 2 aromatic heterocycles. The number of carbonyl (C=O) groups is 2. The average molecular weight is 429 g/mol. The van der Waals surface area contributed by atoms with Gasteiger partial charge in [-0.1, -0.05) is 30.3 Å². The van der Waals surface area contributed by atoms with E-state index in [2.05, 4.69) is 15.7 Å². The van der Waals surface area contributed by atoms with Crippen LogP contribution >= 0.6 is 0 Å². The molecule has 4 rings (SSSR count). The Labute approximate surface area is 185 Å². The molecule has 4 aromatic rings. The first kappa shape index (κ1) is 21.2. The van der Waals surface area contributed by atoms with Crippen LogP contribution in [0.2, 0.25) is 0 Å². The van der Waals surface area contributed by atoms with Gasteiger partial charge in [0.15, 0.2) is 5.65 Å². The lowest BCUT2D eigenvalue weighted by Crippen LogP contribution is -2.17. The number of fused-ring (bicyclic) bond motifs is 1. The summed E-state index contributed by atoms with van der Waals surface area (Å²) in [6.07, 6.45) is 1.67. The van der Waals surface area contributed by atoms with Gasteiger partial charge in [-0.05, 0) is 37.3 Å². The molecule has 0 saturated heterocycles. The monoisotopic (exact) mass is 429 g/mol. The lowest BCUT2D eigenvalue weighted by molar-refractivity contribution is -0.119. The fourth-order valence-corrected chi connectivity index (χ4v) is 3.39. The van der Waals surface area contributed by atoms with Crippen molar-refractivity contribution in [2.45, 2.75) is 13.5 Å². The Morgan fingerprint density at radius 3 is 2.34 bits per heavy atom. The fourth-order valence-electron chi connectivity index (χ4n) is 3.39. The maximum absolute atomic E-state index is 13.2. The first-order valence-electron chi connectivity index (χ1n) is 10.2. The summed E-state index contributed by atoms with van der Waals surface area (Å²) in [5.74, 6) is -0.508. The van der Waals surface area contributed by atoms with Gasteiger partial charge in [-0.25, -0.2) is 9.67 Å². The molecule has 0 saturated carbocycles. The summed E-state index contributed by atoms with van der Waals surface area (Å²) in [5.41, 5.74) is 4.00. The van der Waals surface area contributed by atoms with Crippen molar-refractivity contribution in [3.8, 4) is 11.3 Å². The molecular weight excluding hydrogens is 406 g/mol. The highest BCUT2D eigenvalue weighted by atomic mass is 16.5. The molecule has 0 radical (unpaired) electrons. The van der Waals surface area contributed by atoms with Gasteiger partial charge in [0.05, 0.1) is 22.8 Å². The Hall–Kier alpha value is -4.04. The van der Waals surface area contributed by atoms with Crippen LogP contribution in [-0.2, 0) is 16.1 Å². The second kappa shape index (κ2) is 9.40. The number of methoxy groups -OCH3 is 1. The SMILES string of the molecule is CCn1ncc2c(C(=O)Nc3ccc(NC(=O)COC)cc3)cc(-c3ccccc3)nc21. The van der Waals surface area contributed by atoms with Crippen LogP contribution in [0.5, 0.6) is 0 Å². The highest BCUT2D eigenvalue weighted by Crippen LogP contribution is 2.26. The van der Waals surface area contributed by atoms with E-state index in [0.29, 0.717) is 40.2 Å². The summed E-state index contributed by atoms with van der Waals surface area (Å²) in [5, 5.41) is 10.7. The summed E-state index contributed by atoms with van der Waals surface area (Å²) < 4.78 is 6.58. The van der Waals surface area contributed by atoms with Crippen molar-refractivity contribution in [2.75, 3.05) is 24.4 Å². The van der Waals surface area contributed by atoms with Crippen molar-refractivity contribution in [3.05, 3.63) is 72.4 Å². The molecule has 0 atom stereocenters. The number of aromatic nitrogens is 3.